The topological polar surface area (TPSA) is 73.9 Å². The lowest BCUT2D eigenvalue weighted by molar-refractivity contribution is 0.0107. The van der Waals surface area contributed by atoms with Crippen LogP contribution in [0, 0.1) is 0 Å². The summed E-state index contributed by atoms with van der Waals surface area (Å²) >= 11 is 0. The van der Waals surface area contributed by atoms with Gasteiger partial charge in [-0.05, 0) is 12.5 Å². The van der Waals surface area contributed by atoms with E-state index in [9.17, 15) is 5.11 Å². The van der Waals surface area contributed by atoms with Gasteiger partial charge in [-0.1, -0.05) is 25.5 Å². The first-order chi connectivity index (χ1) is 9.72. The van der Waals surface area contributed by atoms with Gasteiger partial charge < -0.3 is 25.1 Å². The highest BCUT2D eigenvalue weighted by Crippen LogP contribution is 2.30. The molecule has 0 aliphatic heterocycles. The number of unbranched alkanes of at least 4 members (excludes halogenated alkanes) is 1. The van der Waals surface area contributed by atoms with Crippen LogP contribution in [0.3, 0.4) is 0 Å². The van der Waals surface area contributed by atoms with E-state index in [-0.39, 0.29) is 13.2 Å². The standard InChI is InChI=1S/C15H25NO4/c1-3-4-8-19-10-13(17)11-20-15-12(9-16)6-5-7-14(15)18-2/h5-7,13,17H,3-4,8-11,16H2,1-2H3. The molecule has 0 heterocycles. The van der Waals surface area contributed by atoms with Crippen molar-refractivity contribution in [3.63, 3.8) is 0 Å². The summed E-state index contributed by atoms with van der Waals surface area (Å²) in [5.41, 5.74) is 6.52. The lowest BCUT2D eigenvalue weighted by Crippen LogP contribution is -2.24. The maximum absolute atomic E-state index is 9.81. The minimum Gasteiger partial charge on any atom is -0.493 e. The van der Waals surface area contributed by atoms with Gasteiger partial charge >= 0.3 is 0 Å². The van der Waals surface area contributed by atoms with Crippen LogP contribution in [0.5, 0.6) is 11.5 Å². The van der Waals surface area contributed by atoms with Crippen LogP contribution in [-0.4, -0.2) is 38.1 Å². The molecular formula is C15H25NO4. The molecule has 1 aromatic carbocycles. The molecule has 20 heavy (non-hydrogen) atoms. The van der Waals surface area contributed by atoms with Crippen LogP contribution in [0.2, 0.25) is 0 Å². The highest BCUT2D eigenvalue weighted by molar-refractivity contribution is 5.46. The summed E-state index contributed by atoms with van der Waals surface area (Å²) in [7, 11) is 1.58. The van der Waals surface area contributed by atoms with Crippen molar-refractivity contribution in [1.29, 1.82) is 0 Å². The van der Waals surface area contributed by atoms with Crippen molar-refractivity contribution in [2.24, 2.45) is 5.73 Å². The minimum atomic E-state index is -0.664. The predicted molar refractivity (Wildman–Crippen MR) is 78.1 cm³/mol. The van der Waals surface area contributed by atoms with Gasteiger partial charge in [0.15, 0.2) is 11.5 Å². The number of hydrogen-bond donors (Lipinski definition) is 2. The average Bonchev–Trinajstić information content (AvgIpc) is 2.49. The minimum absolute atomic E-state index is 0.152. The van der Waals surface area contributed by atoms with Gasteiger partial charge in [-0.2, -0.15) is 0 Å². The number of ether oxygens (including phenoxy) is 3. The molecule has 1 unspecified atom stereocenters. The normalized spacial score (nSPS) is 12.2. The van der Waals surface area contributed by atoms with Crippen molar-refractivity contribution in [2.45, 2.75) is 32.4 Å². The third-order valence-corrected chi connectivity index (χ3v) is 2.87. The number of hydrogen-bond acceptors (Lipinski definition) is 5. The lowest BCUT2D eigenvalue weighted by atomic mass is 10.2. The Bertz CT molecular complexity index is 362. The van der Waals surface area contributed by atoms with Gasteiger partial charge in [0.25, 0.3) is 0 Å². The van der Waals surface area contributed by atoms with Crippen molar-refractivity contribution in [2.75, 3.05) is 26.9 Å². The van der Waals surface area contributed by atoms with Crippen LogP contribution in [-0.2, 0) is 11.3 Å². The molecule has 1 rings (SSSR count). The molecule has 0 amide bonds. The second-order valence-electron chi connectivity index (χ2n) is 4.55. The predicted octanol–water partition coefficient (Wildman–Crippen LogP) is 1.71. The van der Waals surface area contributed by atoms with Crippen LogP contribution >= 0.6 is 0 Å². The van der Waals surface area contributed by atoms with E-state index < -0.39 is 6.10 Å². The number of nitrogens with two attached hydrogens (primary N) is 1. The number of methoxy groups -OCH3 is 1. The van der Waals surface area contributed by atoms with E-state index in [1.807, 2.05) is 12.1 Å². The Kier molecular flexibility index (Phi) is 8.02. The number of aliphatic hydroxyl groups excluding tert-OH is 1. The molecule has 1 aromatic rings. The van der Waals surface area contributed by atoms with Gasteiger partial charge in [-0.25, -0.2) is 0 Å². The molecule has 0 bridgehead atoms. The summed E-state index contributed by atoms with van der Waals surface area (Å²) in [5.74, 6) is 1.21. The van der Waals surface area contributed by atoms with Crippen molar-refractivity contribution in [3.05, 3.63) is 23.8 Å². The summed E-state index contributed by atoms with van der Waals surface area (Å²) < 4.78 is 16.2. The molecule has 3 N–H and O–H groups in total. The molecule has 0 spiro atoms. The van der Waals surface area contributed by atoms with E-state index in [1.54, 1.807) is 13.2 Å². The third-order valence-electron chi connectivity index (χ3n) is 2.87. The van der Waals surface area contributed by atoms with Gasteiger partial charge in [0.1, 0.15) is 12.7 Å². The quantitative estimate of drug-likeness (QED) is 0.639. The Balaban J connectivity index is 2.47. The Morgan fingerprint density at radius 3 is 2.75 bits per heavy atom. The molecule has 0 saturated carbocycles. The fraction of sp³-hybridized carbons (Fsp3) is 0.600. The van der Waals surface area contributed by atoms with E-state index >= 15 is 0 Å². The van der Waals surface area contributed by atoms with E-state index in [2.05, 4.69) is 6.92 Å². The molecule has 0 aromatic heterocycles. The smallest absolute Gasteiger partial charge is 0.165 e. The number of benzene rings is 1. The van der Waals surface area contributed by atoms with Crippen LogP contribution in [0.25, 0.3) is 0 Å². The SMILES string of the molecule is CCCCOCC(O)COc1c(CN)cccc1OC. The molecular weight excluding hydrogens is 258 g/mol. The van der Waals surface area contributed by atoms with E-state index in [0.717, 1.165) is 18.4 Å². The lowest BCUT2D eigenvalue weighted by Gasteiger charge is -2.17. The zero-order chi connectivity index (χ0) is 14.8. The van der Waals surface area contributed by atoms with Crippen molar-refractivity contribution in [3.8, 4) is 11.5 Å². The highest BCUT2D eigenvalue weighted by Gasteiger charge is 2.12. The number of rotatable bonds is 10. The second-order valence-corrected chi connectivity index (χ2v) is 4.55. The van der Waals surface area contributed by atoms with Gasteiger partial charge in [-0.15, -0.1) is 0 Å². The Hall–Kier alpha value is -1.30. The maximum Gasteiger partial charge on any atom is 0.165 e. The fourth-order valence-electron chi connectivity index (χ4n) is 1.74. The number of aliphatic hydroxyl groups is 1. The van der Waals surface area contributed by atoms with Crippen LogP contribution in [0.15, 0.2) is 18.2 Å². The first-order valence-corrected chi connectivity index (χ1v) is 6.97. The fourth-order valence-corrected chi connectivity index (χ4v) is 1.74. The van der Waals surface area contributed by atoms with Gasteiger partial charge in [0.05, 0.1) is 13.7 Å². The molecule has 0 saturated heterocycles. The van der Waals surface area contributed by atoms with Crippen LogP contribution in [0.1, 0.15) is 25.3 Å². The van der Waals surface area contributed by atoms with Crippen molar-refractivity contribution < 1.29 is 19.3 Å². The Morgan fingerprint density at radius 1 is 1.30 bits per heavy atom. The molecule has 5 nitrogen and oxygen atoms in total. The largest absolute Gasteiger partial charge is 0.493 e. The Labute approximate surface area is 120 Å². The monoisotopic (exact) mass is 283 g/mol. The summed E-state index contributed by atoms with van der Waals surface area (Å²) in [6.45, 7) is 3.54. The Morgan fingerprint density at radius 2 is 2.10 bits per heavy atom. The molecule has 1 atom stereocenters. The van der Waals surface area contributed by atoms with Gasteiger partial charge in [0.2, 0.25) is 0 Å². The molecule has 114 valence electrons. The second kappa shape index (κ2) is 9.58. The van der Waals surface area contributed by atoms with Gasteiger partial charge in [0, 0.05) is 18.7 Å². The molecule has 0 fully saturated rings. The van der Waals surface area contributed by atoms with E-state index in [1.165, 1.54) is 0 Å². The molecule has 0 aliphatic carbocycles. The zero-order valence-corrected chi connectivity index (χ0v) is 12.3. The van der Waals surface area contributed by atoms with E-state index in [0.29, 0.717) is 24.7 Å². The molecule has 0 aliphatic rings. The average molecular weight is 283 g/mol. The van der Waals surface area contributed by atoms with Crippen LogP contribution < -0.4 is 15.2 Å². The maximum atomic E-state index is 9.81. The summed E-state index contributed by atoms with van der Waals surface area (Å²) in [6, 6.07) is 5.54. The molecule has 0 radical (unpaired) electrons. The van der Waals surface area contributed by atoms with E-state index in [4.69, 9.17) is 19.9 Å². The van der Waals surface area contributed by atoms with Crippen molar-refractivity contribution >= 4 is 0 Å². The zero-order valence-electron chi connectivity index (χ0n) is 12.3. The van der Waals surface area contributed by atoms with Crippen molar-refractivity contribution in [1.82, 2.24) is 0 Å². The number of para-hydroxylation sites is 1. The summed E-state index contributed by atoms with van der Waals surface area (Å²) in [4.78, 5) is 0. The summed E-state index contributed by atoms with van der Waals surface area (Å²) in [6.07, 6.45) is 1.41. The molecule has 5 heteroatoms. The first kappa shape index (κ1) is 16.8. The highest BCUT2D eigenvalue weighted by atomic mass is 16.5. The first-order valence-electron chi connectivity index (χ1n) is 6.97. The summed E-state index contributed by atoms with van der Waals surface area (Å²) in [5, 5.41) is 9.81. The van der Waals surface area contributed by atoms with Gasteiger partial charge in [-0.3, -0.25) is 0 Å². The van der Waals surface area contributed by atoms with Crippen LogP contribution in [0.4, 0.5) is 0 Å². The third kappa shape index (κ3) is 5.36.